The molecule has 0 spiro atoms. The standard InChI is InChI=1S/C9H17NO2.CH4O4S/c1-6(2)8(11)12-9(4,5)7(3)10;1-5-6(2,3)4/h7H,1,10H2,2-5H3;1H3,(H,2,3,4). The first kappa shape index (κ1) is 19.4. The Hall–Kier alpha value is -0.960. The minimum atomic E-state index is -4.16. The molecule has 8 heteroatoms. The quantitative estimate of drug-likeness (QED) is 0.442. The lowest BCUT2D eigenvalue weighted by molar-refractivity contribution is -0.152. The zero-order valence-corrected chi connectivity index (χ0v) is 12.1. The second kappa shape index (κ2) is 7.47. The Balaban J connectivity index is 0. The van der Waals surface area contributed by atoms with Crippen LogP contribution in [0.25, 0.3) is 0 Å². The number of carbonyl (C=O) groups is 1. The van der Waals surface area contributed by atoms with Crippen molar-refractivity contribution in [1.29, 1.82) is 0 Å². The number of nitrogens with two attached hydrogens (primary N) is 1. The van der Waals surface area contributed by atoms with Crippen LogP contribution in [-0.4, -0.2) is 37.7 Å². The van der Waals surface area contributed by atoms with E-state index in [0.29, 0.717) is 5.57 Å². The van der Waals surface area contributed by atoms with E-state index in [1.807, 2.05) is 0 Å². The Morgan fingerprint density at radius 2 is 1.78 bits per heavy atom. The third-order valence-electron chi connectivity index (χ3n) is 2.01. The van der Waals surface area contributed by atoms with Crippen LogP contribution in [0.15, 0.2) is 12.2 Å². The number of ether oxygens (including phenoxy) is 1. The summed E-state index contributed by atoms with van der Waals surface area (Å²) in [5.74, 6) is -0.391. The van der Waals surface area contributed by atoms with Gasteiger partial charge in [-0.1, -0.05) is 6.58 Å². The van der Waals surface area contributed by atoms with E-state index in [2.05, 4.69) is 10.8 Å². The van der Waals surface area contributed by atoms with E-state index in [1.165, 1.54) is 0 Å². The van der Waals surface area contributed by atoms with Gasteiger partial charge in [-0.25, -0.2) is 4.79 Å². The molecule has 0 aromatic heterocycles. The molecule has 0 aliphatic rings. The highest BCUT2D eigenvalue weighted by Gasteiger charge is 2.27. The fourth-order valence-corrected chi connectivity index (χ4v) is 0.419. The van der Waals surface area contributed by atoms with Gasteiger partial charge in [0, 0.05) is 11.6 Å². The Labute approximate surface area is 108 Å². The molecule has 7 nitrogen and oxygen atoms in total. The van der Waals surface area contributed by atoms with Crippen LogP contribution in [0.4, 0.5) is 0 Å². The second-order valence-corrected chi connectivity index (χ2v) is 5.35. The predicted octanol–water partition coefficient (Wildman–Crippen LogP) is 0.667. The summed E-state index contributed by atoms with van der Waals surface area (Å²) in [5, 5.41) is 0. The molecule has 0 radical (unpaired) electrons. The Morgan fingerprint density at radius 3 is 1.94 bits per heavy atom. The van der Waals surface area contributed by atoms with E-state index in [1.54, 1.807) is 27.7 Å². The van der Waals surface area contributed by atoms with Crippen molar-refractivity contribution in [2.24, 2.45) is 5.73 Å². The van der Waals surface area contributed by atoms with E-state index >= 15 is 0 Å². The molecular weight excluding hydrogens is 262 g/mol. The molecule has 0 heterocycles. The molecule has 0 bridgehead atoms. The molecule has 18 heavy (non-hydrogen) atoms. The molecule has 108 valence electrons. The number of carbonyl (C=O) groups excluding carboxylic acids is 1. The van der Waals surface area contributed by atoms with Crippen molar-refractivity contribution >= 4 is 16.4 Å². The fourth-order valence-electron chi connectivity index (χ4n) is 0.419. The number of hydrogen-bond acceptors (Lipinski definition) is 6. The third kappa shape index (κ3) is 10.2. The first-order valence-electron chi connectivity index (χ1n) is 5.01. The second-order valence-electron chi connectivity index (χ2n) is 4.16. The molecule has 0 aliphatic carbocycles. The number of rotatable bonds is 4. The van der Waals surface area contributed by atoms with Gasteiger partial charge in [0.15, 0.2) is 0 Å². The molecule has 0 fully saturated rings. The summed E-state index contributed by atoms with van der Waals surface area (Å²) in [6.07, 6.45) is 0. The van der Waals surface area contributed by atoms with Gasteiger partial charge in [0.25, 0.3) is 0 Å². The van der Waals surface area contributed by atoms with Crippen molar-refractivity contribution in [3.8, 4) is 0 Å². The maximum absolute atomic E-state index is 11.1. The van der Waals surface area contributed by atoms with Crippen LogP contribution < -0.4 is 5.73 Å². The van der Waals surface area contributed by atoms with Crippen molar-refractivity contribution in [3.63, 3.8) is 0 Å². The summed E-state index contributed by atoms with van der Waals surface area (Å²) in [5.41, 5.74) is 5.38. The van der Waals surface area contributed by atoms with Gasteiger partial charge >= 0.3 is 16.4 Å². The highest BCUT2D eigenvalue weighted by atomic mass is 32.3. The Bertz CT molecular complexity index is 385. The highest BCUT2D eigenvalue weighted by molar-refractivity contribution is 7.80. The molecule has 0 amide bonds. The largest absolute Gasteiger partial charge is 0.455 e. The monoisotopic (exact) mass is 283 g/mol. The SMILES string of the molecule is C=C(C)C(=O)OC(C)(C)C(C)N.COS(=O)(=O)O. The topological polar surface area (TPSA) is 116 Å². The molecule has 0 rings (SSSR count). The van der Waals surface area contributed by atoms with Gasteiger partial charge in [-0.3, -0.25) is 8.74 Å². The van der Waals surface area contributed by atoms with E-state index in [0.717, 1.165) is 7.11 Å². The van der Waals surface area contributed by atoms with Crippen molar-refractivity contribution in [2.45, 2.75) is 39.3 Å². The lowest BCUT2D eigenvalue weighted by atomic mass is 10.0. The van der Waals surface area contributed by atoms with E-state index in [4.69, 9.17) is 15.0 Å². The lowest BCUT2D eigenvalue weighted by Gasteiger charge is -2.28. The van der Waals surface area contributed by atoms with Gasteiger partial charge in [0.2, 0.25) is 0 Å². The Morgan fingerprint density at radius 1 is 1.44 bits per heavy atom. The van der Waals surface area contributed by atoms with Crippen LogP contribution >= 0.6 is 0 Å². The average molecular weight is 283 g/mol. The van der Waals surface area contributed by atoms with E-state index in [-0.39, 0.29) is 6.04 Å². The molecule has 0 aromatic carbocycles. The lowest BCUT2D eigenvalue weighted by Crippen LogP contribution is -2.44. The normalized spacial score (nSPS) is 13.1. The zero-order chi connectivity index (χ0) is 15.1. The summed E-state index contributed by atoms with van der Waals surface area (Å²) in [4.78, 5) is 11.1. The molecule has 1 unspecified atom stereocenters. The first-order chi connectivity index (χ1) is 7.83. The molecule has 0 saturated heterocycles. The van der Waals surface area contributed by atoms with Crippen LogP contribution in [0.5, 0.6) is 0 Å². The maximum atomic E-state index is 11.1. The summed E-state index contributed by atoms with van der Waals surface area (Å²) in [6, 6.07) is -0.194. The van der Waals surface area contributed by atoms with Gasteiger partial charge in [-0.2, -0.15) is 8.42 Å². The average Bonchev–Trinajstić information content (AvgIpc) is 2.16. The van der Waals surface area contributed by atoms with Crippen molar-refractivity contribution in [1.82, 2.24) is 0 Å². The van der Waals surface area contributed by atoms with Crippen LogP contribution in [-0.2, 0) is 24.1 Å². The molecule has 0 aromatic rings. The van der Waals surface area contributed by atoms with Crippen LogP contribution in [0.3, 0.4) is 0 Å². The minimum absolute atomic E-state index is 0.194. The summed E-state index contributed by atoms with van der Waals surface area (Å²) in [7, 11) is -3.29. The maximum Gasteiger partial charge on any atom is 0.397 e. The molecule has 1 atom stereocenters. The van der Waals surface area contributed by atoms with Gasteiger partial charge in [-0.05, 0) is 27.7 Å². The van der Waals surface area contributed by atoms with Crippen LogP contribution in [0.1, 0.15) is 27.7 Å². The van der Waals surface area contributed by atoms with Crippen molar-refractivity contribution in [2.75, 3.05) is 7.11 Å². The molecule has 3 N–H and O–H groups in total. The van der Waals surface area contributed by atoms with Gasteiger partial charge in [0.05, 0.1) is 7.11 Å². The first-order valence-corrected chi connectivity index (χ1v) is 6.37. The zero-order valence-electron chi connectivity index (χ0n) is 11.3. The number of esters is 1. The van der Waals surface area contributed by atoms with Crippen LogP contribution in [0, 0.1) is 0 Å². The fraction of sp³-hybridized carbons (Fsp3) is 0.700. The molecule has 0 saturated carbocycles. The van der Waals surface area contributed by atoms with Crippen molar-refractivity contribution in [3.05, 3.63) is 12.2 Å². The molecule has 0 aliphatic heterocycles. The predicted molar refractivity (Wildman–Crippen MR) is 67.2 cm³/mol. The number of hydrogen-bond donors (Lipinski definition) is 2. The van der Waals surface area contributed by atoms with Crippen LogP contribution in [0.2, 0.25) is 0 Å². The Kier molecular flexibility index (Phi) is 8.04. The van der Waals surface area contributed by atoms with Gasteiger partial charge < -0.3 is 10.5 Å². The third-order valence-corrected chi connectivity index (χ3v) is 2.43. The van der Waals surface area contributed by atoms with Gasteiger partial charge in [0.1, 0.15) is 5.60 Å². The summed E-state index contributed by atoms with van der Waals surface area (Å²) >= 11 is 0. The van der Waals surface area contributed by atoms with E-state index in [9.17, 15) is 13.2 Å². The van der Waals surface area contributed by atoms with Gasteiger partial charge in [-0.15, -0.1) is 0 Å². The smallest absolute Gasteiger partial charge is 0.397 e. The summed E-state index contributed by atoms with van der Waals surface area (Å²) < 4.78 is 34.8. The van der Waals surface area contributed by atoms with Crippen molar-refractivity contribution < 1.29 is 26.7 Å². The highest BCUT2D eigenvalue weighted by Crippen LogP contribution is 2.14. The van der Waals surface area contributed by atoms with E-state index < -0.39 is 22.0 Å². The molecular formula is C10H21NO6S. The summed E-state index contributed by atoms with van der Waals surface area (Å²) in [6.45, 7) is 10.4. The minimum Gasteiger partial charge on any atom is -0.455 e.